The Morgan fingerprint density at radius 3 is 1.35 bits per heavy atom. The summed E-state index contributed by atoms with van der Waals surface area (Å²) in [5, 5.41) is 23.3. The molecule has 0 saturated carbocycles. The number of amides is 2. The van der Waals surface area contributed by atoms with E-state index in [4.69, 9.17) is 0 Å². The first-order chi connectivity index (χ1) is 22.4. The lowest BCUT2D eigenvalue weighted by molar-refractivity contribution is 0.0980. The summed E-state index contributed by atoms with van der Waals surface area (Å²) in [6.45, 7) is 5.48. The second kappa shape index (κ2) is 15.4. The second-order valence-electron chi connectivity index (χ2n) is 12.0. The Hall–Kier alpha value is -4.84. The number of carbonyl (C=O) groups is 2. The number of hydrogen-bond donors (Lipinski definition) is 2. The molecule has 5 rings (SSSR count). The molecule has 0 spiro atoms. The van der Waals surface area contributed by atoms with Gasteiger partial charge in [0, 0.05) is 35.6 Å². The molecule has 0 radical (unpaired) electrons. The van der Waals surface area contributed by atoms with Crippen molar-refractivity contribution in [3.05, 3.63) is 108 Å². The van der Waals surface area contributed by atoms with Crippen molar-refractivity contribution in [3.63, 3.8) is 0 Å². The summed E-state index contributed by atoms with van der Waals surface area (Å²) in [4.78, 5) is 31.9. The van der Waals surface area contributed by atoms with Crippen LogP contribution in [0.25, 0.3) is 21.5 Å². The molecule has 0 saturated heterocycles. The number of phenolic OH excluding ortho intramolecular Hbond substituents is 2. The molecule has 5 aromatic rings. The maximum atomic E-state index is 14.1. The highest BCUT2D eigenvalue weighted by Crippen LogP contribution is 2.29. The van der Waals surface area contributed by atoms with Crippen LogP contribution in [0.5, 0.6) is 11.5 Å². The molecule has 0 fully saturated rings. The number of fused-ring (bicyclic) bond motifs is 2. The Morgan fingerprint density at radius 2 is 0.913 bits per heavy atom. The molecule has 0 aliphatic carbocycles. The molecule has 0 aromatic heterocycles. The first kappa shape index (κ1) is 32.6. The predicted molar refractivity (Wildman–Crippen MR) is 189 cm³/mol. The minimum absolute atomic E-state index is 0.0952. The molecule has 46 heavy (non-hydrogen) atoms. The predicted octanol–water partition coefficient (Wildman–Crippen LogP) is 9.86. The number of unbranched alkanes of at least 4 members (excludes halogenated alkanes) is 6. The van der Waals surface area contributed by atoms with Crippen molar-refractivity contribution in [2.45, 2.75) is 65.2 Å². The van der Waals surface area contributed by atoms with Gasteiger partial charge in [-0.15, -0.1) is 0 Å². The van der Waals surface area contributed by atoms with Gasteiger partial charge in [-0.05, 0) is 101 Å². The first-order valence-corrected chi connectivity index (χ1v) is 16.6. The molecule has 0 bridgehead atoms. The van der Waals surface area contributed by atoms with Crippen LogP contribution in [0.15, 0.2) is 97.1 Å². The van der Waals surface area contributed by atoms with Crippen LogP contribution in [0.4, 0.5) is 11.4 Å². The van der Waals surface area contributed by atoms with Crippen LogP contribution in [0, 0.1) is 0 Å². The van der Waals surface area contributed by atoms with Crippen molar-refractivity contribution in [1.29, 1.82) is 0 Å². The largest absolute Gasteiger partial charge is 0.508 e. The van der Waals surface area contributed by atoms with Crippen LogP contribution in [-0.2, 0) is 0 Å². The fraction of sp³-hybridized carbons (Fsp3) is 0.300. The van der Waals surface area contributed by atoms with Crippen molar-refractivity contribution in [2.24, 2.45) is 0 Å². The molecular weight excluding hydrogens is 572 g/mol. The third-order valence-corrected chi connectivity index (χ3v) is 8.56. The van der Waals surface area contributed by atoms with E-state index in [1.165, 1.54) is 0 Å². The molecule has 238 valence electrons. The highest BCUT2D eigenvalue weighted by atomic mass is 16.3. The lowest BCUT2D eigenvalue weighted by Gasteiger charge is -2.27. The Bertz CT molecular complexity index is 1690. The number of anilines is 2. The maximum Gasteiger partial charge on any atom is 0.258 e. The van der Waals surface area contributed by atoms with Crippen LogP contribution < -0.4 is 9.80 Å². The van der Waals surface area contributed by atoms with Gasteiger partial charge in [0.2, 0.25) is 0 Å². The number of benzene rings is 5. The molecule has 0 aliphatic rings. The smallest absolute Gasteiger partial charge is 0.258 e. The van der Waals surface area contributed by atoms with Gasteiger partial charge in [-0.25, -0.2) is 0 Å². The zero-order valence-corrected chi connectivity index (χ0v) is 26.9. The van der Waals surface area contributed by atoms with Gasteiger partial charge in [-0.3, -0.25) is 9.59 Å². The molecule has 2 amide bonds. The minimum Gasteiger partial charge on any atom is -0.508 e. The molecule has 2 N–H and O–H groups in total. The van der Waals surface area contributed by atoms with E-state index in [0.717, 1.165) is 84.3 Å². The summed E-state index contributed by atoms with van der Waals surface area (Å²) in [5.74, 6) is 0.194. The van der Waals surface area contributed by atoms with Crippen LogP contribution >= 0.6 is 0 Å². The lowest BCUT2D eigenvalue weighted by atomic mass is 10.0. The molecule has 0 atom stereocenters. The summed E-state index contributed by atoms with van der Waals surface area (Å²) in [7, 11) is 0. The van der Waals surface area contributed by atoms with E-state index < -0.39 is 0 Å². The number of carbonyl (C=O) groups excluding carboxylic acids is 2. The zero-order chi connectivity index (χ0) is 32.5. The number of hydrogen-bond acceptors (Lipinski definition) is 4. The topological polar surface area (TPSA) is 81.1 Å². The van der Waals surface area contributed by atoms with Crippen molar-refractivity contribution >= 4 is 44.7 Å². The molecule has 6 nitrogen and oxygen atoms in total. The van der Waals surface area contributed by atoms with Gasteiger partial charge >= 0.3 is 0 Å². The van der Waals surface area contributed by atoms with Gasteiger partial charge in [0.25, 0.3) is 11.8 Å². The van der Waals surface area contributed by atoms with Crippen LogP contribution in [-0.4, -0.2) is 35.1 Å². The van der Waals surface area contributed by atoms with E-state index in [1.807, 2.05) is 82.6 Å². The normalized spacial score (nSPS) is 11.2. The molecule has 0 heterocycles. The zero-order valence-electron chi connectivity index (χ0n) is 26.9. The van der Waals surface area contributed by atoms with Gasteiger partial charge < -0.3 is 20.0 Å². The number of aromatic hydroxyl groups is 2. The van der Waals surface area contributed by atoms with Crippen molar-refractivity contribution < 1.29 is 19.8 Å². The number of rotatable bonds is 14. The van der Waals surface area contributed by atoms with Gasteiger partial charge in [0.05, 0.1) is 0 Å². The Balaban J connectivity index is 1.49. The summed E-state index contributed by atoms with van der Waals surface area (Å²) in [6.07, 6.45) is 8.21. The molecule has 0 aliphatic heterocycles. The van der Waals surface area contributed by atoms with Crippen molar-refractivity contribution in [3.8, 4) is 11.5 Å². The van der Waals surface area contributed by atoms with Gasteiger partial charge in [-0.2, -0.15) is 0 Å². The lowest BCUT2D eigenvalue weighted by Crippen LogP contribution is -2.34. The van der Waals surface area contributed by atoms with E-state index in [9.17, 15) is 19.8 Å². The van der Waals surface area contributed by atoms with E-state index in [0.29, 0.717) is 24.2 Å². The van der Waals surface area contributed by atoms with Gasteiger partial charge in [-0.1, -0.05) is 82.7 Å². The fourth-order valence-corrected chi connectivity index (χ4v) is 5.96. The fourth-order valence-electron chi connectivity index (χ4n) is 5.96. The molecule has 5 aromatic carbocycles. The third kappa shape index (κ3) is 7.86. The minimum atomic E-state index is -0.0952. The van der Waals surface area contributed by atoms with Crippen LogP contribution in [0.3, 0.4) is 0 Å². The maximum absolute atomic E-state index is 14.1. The summed E-state index contributed by atoms with van der Waals surface area (Å²) in [5.41, 5.74) is 2.66. The quantitative estimate of drug-likeness (QED) is 0.122. The molecule has 0 unspecified atom stereocenters. The Labute approximate surface area is 271 Å². The number of nitrogens with zero attached hydrogens (tertiary/aromatic N) is 2. The molecular formula is C40H44N2O4. The van der Waals surface area contributed by atoms with E-state index in [1.54, 1.807) is 24.3 Å². The average Bonchev–Trinajstić information content (AvgIpc) is 3.07. The van der Waals surface area contributed by atoms with Crippen molar-refractivity contribution in [2.75, 3.05) is 22.9 Å². The average molecular weight is 617 g/mol. The summed E-state index contributed by atoms with van der Waals surface area (Å²) in [6, 6.07) is 29.2. The molecule has 6 heteroatoms. The SMILES string of the molecule is CCCCCCN(C(=O)c1ccc2cc(O)ccc2c1)c1cccc(N(CCCCCC)C(=O)c2ccc3cc(O)ccc3c2)c1. The van der Waals surface area contributed by atoms with Gasteiger partial charge in [0.1, 0.15) is 11.5 Å². The van der Waals surface area contributed by atoms with E-state index >= 15 is 0 Å². The standard InChI is InChI=1S/C40H44N2O4/c1-3-5-7-9-22-41(39(45)33-16-14-31-26-37(43)20-18-29(31)24-33)35-12-11-13-36(28-35)42(23-10-8-6-4-2)40(46)34-17-15-32-27-38(44)21-19-30(32)25-34/h11-21,24-28,43-44H,3-10,22-23H2,1-2H3. The first-order valence-electron chi connectivity index (χ1n) is 16.6. The van der Waals surface area contributed by atoms with Gasteiger partial charge in [0.15, 0.2) is 0 Å². The monoisotopic (exact) mass is 616 g/mol. The van der Waals surface area contributed by atoms with Crippen LogP contribution in [0.2, 0.25) is 0 Å². The van der Waals surface area contributed by atoms with E-state index in [-0.39, 0.29) is 23.3 Å². The van der Waals surface area contributed by atoms with Crippen molar-refractivity contribution in [1.82, 2.24) is 0 Å². The van der Waals surface area contributed by atoms with Crippen LogP contribution in [0.1, 0.15) is 85.9 Å². The second-order valence-corrected chi connectivity index (χ2v) is 12.0. The third-order valence-electron chi connectivity index (χ3n) is 8.56. The van der Waals surface area contributed by atoms with E-state index in [2.05, 4.69) is 13.8 Å². The summed E-state index contributed by atoms with van der Waals surface area (Å²) < 4.78 is 0. The Kier molecular flexibility index (Phi) is 10.9. The highest BCUT2D eigenvalue weighted by Gasteiger charge is 2.22. The highest BCUT2D eigenvalue weighted by molar-refractivity contribution is 6.10. The summed E-state index contributed by atoms with van der Waals surface area (Å²) >= 11 is 0. The number of phenols is 2. The Morgan fingerprint density at radius 1 is 0.500 bits per heavy atom.